The van der Waals surface area contributed by atoms with Gasteiger partial charge in [-0.1, -0.05) is 29.8 Å². The molecule has 0 saturated carbocycles. The second-order valence-corrected chi connectivity index (χ2v) is 8.54. The van der Waals surface area contributed by atoms with E-state index >= 15 is 0 Å². The number of piperidine rings is 1. The molecule has 2 aliphatic rings. The molecule has 3 rings (SSSR count). The summed E-state index contributed by atoms with van der Waals surface area (Å²) < 4.78 is 0. The van der Waals surface area contributed by atoms with E-state index in [2.05, 4.69) is 60.2 Å². The van der Waals surface area contributed by atoms with Gasteiger partial charge in [-0.3, -0.25) is 4.90 Å². The van der Waals surface area contributed by atoms with Crippen molar-refractivity contribution >= 4 is 6.03 Å². The molecule has 5 heteroatoms. The fraction of sp³-hybridized carbons (Fsp3) is 0.682. The quantitative estimate of drug-likeness (QED) is 0.864. The fourth-order valence-corrected chi connectivity index (χ4v) is 4.25. The van der Waals surface area contributed by atoms with Crippen molar-refractivity contribution in [2.45, 2.75) is 46.2 Å². The van der Waals surface area contributed by atoms with E-state index in [4.69, 9.17) is 0 Å². The molecule has 27 heavy (non-hydrogen) atoms. The van der Waals surface area contributed by atoms with Crippen LogP contribution < -0.4 is 5.32 Å². The van der Waals surface area contributed by atoms with Gasteiger partial charge in [0.05, 0.1) is 0 Å². The van der Waals surface area contributed by atoms with Crippen LogP contribution in [0.4, 0.5) is 4.79 Å². The minimum absolute atomic E-state index is 0.117. The van der Waals surface area contributed by atoms with E-state index < -0.39 is 0 Å². The molecule has 1 atom stereocenters. The molecule has 1 aromatic rings. The van der Waals surface area contributed by atoms with Crippen LogP contribution in [-0.4, -0.2) is 72.6 Å². The van der Waals surface area contributed by atoms with Gasteiger partial charge in [0.15, 0.2) is 0 Å². The highest BCUT2D eigenvalue weighted by Gasteiger charge is 2.24. The van der Waals surface area contributed by atoms with Gasteiger partial charge in [0, 0.05) is 51.9 Å². The maximum atomic E-state index is 12.5. The van der Waals surface area contributed by atoms with Gasteiger partial charge in [0.25, 0.3) is 0 Å². The molecule has 2 saturated heterocycles. The number of hydrogen-bond acceptors (Lipinski definition) is 3. The van der Waals surface area contributed by atoms with E-state index in [1.54, 1.807) is 0 Å². The second kappa shape index (κ2) is 9.56. The van der Waals surface area contributed by atoms with Crippen LogP contribution in [0.5, 0.6) is 0 Å². The molecule has 150 valence electrons. The van der Waals surface area contributed by atoms with Crippen LogP contribution in [0.3, 0.4) is 0 Å². The highest BCUT2D eigenvalue weighted by molar-refractivity contribution is 5.74. The Bertz CT molecular complexity index is 610. The number of urea groups is 1. The van der Waals surface area contributed by atoms with Crippen LogP contribution in [0.2, 0.25) is 0 Å². The van der Waals surface area contributed by atoms with Crippen molar-refractivity contribution in [2.24, 2.45) is 5.92 Å². The lowest BCUT2D eigenvalue weighted by Gasteiger charge is -2.37. The van der Waals surface area contributed by atoms with Crippen LogP contribution in [0.1, 0.15) is 37.8 Å². The van der Waals surface area contributed by atoms with Crippen molar-refractivity contribution in [1.82, 2.24) is 20.0 Å². The third-order valence-electron chi connectivity index (χ3n) is 5.97. The molecule has 2 aliphatic heterocycles. The number of rotatable bonds is 5. The smallest absolute Gasteiger partial charge is 0.317 e. The summed E-state index contributed by atoms with van der Waals surface area (Å²) >= 11 is 0. The summed E-state index contributed by atoms with van der Waals surface area (Å²) in [5.41, 5.74) is 2.67. The first-order chi connectivity index (χ1) is 13.0. The summed E-state index contributed by atoms with van der Waals surface area (Å²) in [6, 6.07) is 9.43. The van der Waals surface area contributed by atoms with Gasteiger partial charge < -0.3 is 15.1 Å². The first-order valence-corrected chi connectivity index (χ1v) is 10.6. The molecule has 0 aliphatic carbocycles. The molecular weight excluding hydrogens is 336 g/mol. The molecule has 0 radical (unpaired) electrons. The Labute approximate surface area is 164 Å². The van der Waals surface area contributed by atoms with Crippen molar-refractivity contribution < 1.29 is 4.79 Å². The Balaban J connectivity index is 1.38. The van der Waals surface area contributed by atoms with Crippen LogP contribution in [0.25, 0.3) is 0 Å². The highest BCUT2D eigenvalue weighted by Crippen LogP contribution is 2.18. The van der Waals surface area contributed by atoms with Crippen molar-refractivity contribution in [3.63, 3.8) is 0 Å². The first kappa shape index (κ1) is 20.2. The average Bonchev–Trinajstić information content (AvgIpc) is 2.67. The summed E-state index contributed by atoms with van der Waals surface area (Å²) in [5.74, 6) is 0.590. The molecule has 1 aromatic carbocycles. The standard InChI is InChI=1S/C22H36N4O/c1-18(2)26-9-5-8-21(17-26)15-23-22(27)25-12-10-24(11-13-25)16-20-7-4-6-19(3)14-20/h4,6-7,14,18,21H,5,8-13,15-17H2,1-3H3,(H,23,27)/t21-/m1/s1. The lowest BCUT2D eigenvalue weighted by Crippen LogP contribution is -2.52. The van der Waals surface area contributed by atoms with Crippen molar-refractivity contribution in [3.8, 4) is 0 Å². The van der Waals surface area contributed by atoms with Crippen LogP contribution in [0, 0.1) is 12.8 Å². The number of nitrogens with zero attached hydrogens (tertiary/aromatic N) is 3. The molecule has 0 unspecified atom stereocenters. The van der Waals surface area contributed by atoms with Gasteiger partial charge in [-0.25, -0.2) is 4.79 Å². The summed E-state index contributed by atoms with van der Waals surface area (Å²) in [4.78, 5) is 19.5. The molecule has 2 heterocycles. The Kier molecular flexibility index (Phi) is 7.13. The normalized spacial score (nSPS) is 22.2. The number of piperazine rings is 1. The molecule has 0 aromatic heterocycles. The van der Waals surface area contributed by atoms with Crippen LogP contribution in [-0.2, 0) is 6.54 Å². The molecular formula is C22H36N4O. The van der Waals surface area contributed by atoms with E-state index in [1.165, 1.54) is 30.5 Å². The highest BCUT2D eigenvalue weighted by atomic mass is 16.2. The van der Waals surface area contributed by atoms with Gasteiger partial charge in [-0.2, -0.15) is 0 Å². The predicted octanol–water partition coefficient (Wildman–Crippen LogP) is 2.94. The van der Waals surface area contributed by atoms with Gasteiger partial charge in [0.1, 0.15) is 0 Å². The zero-order valence-electron chi connectivity index (χ0n) is 17.3. The number of nitrogens with one attached hydrogen (secondary N) is 1. The first-order valence-electron chi connectivity index (χ1n) is 10.6. The number of aryl methyl sites for hydroxylation is 1. The van der Waals surface area contributed by atoms with E-state index in [0.717, 1.165) is 45.8 Å². The third-order valence-corrected chi connectivity index (χ3v) is 5.97. The van der Waals surface area contributed by atoms with Gasteiger partial charge in [-0.05, 0) is 51.6 Å². The molecule has 2 fully saturated rings. The third kappa shape index (κ3) is 5.94. The summed E-state index contributed by atoms with van der Waals surface area (Å²) in [5, 5.41) is 3.20. The lowest BCUT2D eigenvalue weighted by atomic mass is 9.97. The number of likely N-dealkylation sites (tertiary alicyclic amines) is 1. The van der Waals surface area contributed by atoms with E-state index in [0.29, 0.717) is 12.0 Å². The summed E-state index contributed by atoms with van der Waals surface area (Å²) in [6.07, 6.45) is 2.48. The number of carbonyl (C=O) groups is 1. The van der Waals surface area contributed by atoms with Crippen LogP contribution in [0.15, 0.2) is 24.3 Å². The van der Waals surface area contributed by atoms with Crippen LogP contribution >= 0.6 is 0 Å². The van der Waals surface area contributed by atoms with E-state index in [1.807, 2.05) is 4.90 Å². The molecule has 0 bridgehead atoms. The SMILES string of the molecule is Cc1cccc(CN2CCN(C(=O)NC[C@H]3CCCN(C(C)C)C3)CC2)c1. The Morgan fingerprint density at radius 3 is 2.67 bits per heavy atom. The van der Waals surface area contributed by atoms with Crippen molar-refractivity contribution in [3.05, 3.63) is 35.4 Å². The maximum absolute atomic E-state index is 12.5. The van der Waals surface area contributed by atoms with Gasteiger partial charge in [0.2, 0.25) is 0 Å². The molecule has 1 N–H and O–H groups in total. The number of benzene rings is 1. The minimum atomic E-state index is 0.117. The average molecular weight is 373 g/mol. The van der Waals surface area contributed by atoms with Gasteiger partial charge >= 0.3 is 6.03 Å². The largest absolute Gasteiger partial charge is 0.338 e. The summed E-state index contributed by atoms with van der Waals surface area (Å²) in [6.45, 7) is 14.3. The minimum Gasteiger partial charge on any atom is -0.338 e. The van der Waals surface area contributed by atoms with Gasteiger partial charge in [-0.15, -0.1) is 0 Å². The predicted molar refractivity (Wildman–Crippen MR) is 111 cm³/mol. The number of carbonyl (C=O) groups excluding carboxylic acids is 1. The lowest BCUT2D eigenvalue weighted by molar-refractivity contribution is 0.124. The summed E-state index contributed by atoms with van der Waals surface area (Å²) in [7, 11) is 0. The number of amides is 2. The molecule has 2 amide bonds. The zero-order chi connectivity index (χ0) is 19.2. The topological polar surface area (TPSA) is 38.8 Å². The molecule has 0 spiro atoms. The Morgan fingerprint density at radius 1 is 1.19 bits per heavy atom. The zero-order valence-corrected chi connectivity index (χ0v) is 17.3. The van der Waals surface area contributed by atoms with E-state index in [9.17, 15) is 4.79 Å². The van der Waals surface area contributed by atoms with E-state index in [-0.39, 0.29) is 6.03 Å². The molecule has 5 nitrogen and oxygen atoms in total. The monoisotopic (exact) mass is 372 g/mol. The Hall–Kier alpha value is -1.59. The Morgan fingerprint density at radius 2 is 1.96 bits per heavy atom. The number of hydrogen-bond donors (Lipinski definition) is 1. The fourth-order valence-electron chi connectivity index (χ4n) is 4.25. The van der Waals surface area contributed by atoms with Crippen molar-refractivity contribution in [2.75, 3.05) is 45.8 Å². The maximum Gasteiger partial charge on any atom is 0.317 e. The van der Waals surface area contributed by atoms with Crippen molar-refractivity contribution in [1.29, 1.82) is 0 Å². The second-order valence-electron chi connectivity index (χ2n) is 8.54.